The van der Waals surface area contributed by atoms with E-state index in [2.05, 4.69) is 20.4 Å². The third-order valence-corrected chi connectivity index (χ3v) is 3.93. The lowest BCUT2D eigenvalue weighted by molar-refractivity contribution is 0.0908. The quantitative estimate of drug-likeness (QED) is 0.587. The summed E-state index contributed by atoms with van der Waals surface area (Å²) in [7, 11) is 0. The molecule has 7 nitrogen and oxygen atoms in total. The minimum Gasteiger partial charge on any atom is -0.454 e. The molecule has 0 aliphatic heterocycles. The predicted octanol–water partition coefficient (Wildman–Crippen LogP) is 2.89. The van der Waals surface area contributed by atoms with Crippen molar-refractivity contribution >= 4 is 16.9 Å². The minimum absolute atomic E-state index is 0.264. The number of amides is 1. The van der Waals surface area contributed by atoms with E-state index in [-0.39, 0.29) is 17.7 Å². The number of H-pyrrole nitrogens is 1. The van der Waals surface area contributed by atoms with E-state index in [9.17, 15) is 4.79 Å². The molecule has 0 bridgehead atoms. The molecule has 0 aliphatic carbocycles. The number of hydrogen-bond acceptors (Lipinski definition) is 4. The average molecular weight is 335 g/mol. The Kier molecular flexibility index (Phi) is 3.81. The molecule has 2 N–H and O–H groups in total. The molecular formula is C18H17N5O2. The number of aromatic nitrogens is 4. The summed E-state index contributed by atoms with van der Waals surface area (Å²) in [4.78, 5) is 20.1. The lowest BCUT2D eigenvalue weighted by atomic mass is 10.3. The largest absolute Gasteiger partial charge is 0.454 e. The Morgan fingerprint density at radius 3 is 2.96 bits per heavy atom. The van der Waals surface area contributed by atoms with Crippen LogP contribution in [0.1, 0.15) is 35.1 Å². The first-order chi connectivity index (χ1) is 12.2. The number of nitrogens with zero attached hydrogens (tertiary/aromatic N) is 3. The van der Waals surface area contributed by atoms with Gasteiger partial charge in [0.1, 0.15) is 11.6 Å². The van der Waals surface area contributed by atoms with Gasteiger partial charge < -0.3 is 14.7 Å². The van der Waals surface area contributed by atoms with Crippen LogP contribution in [0.2, 0.25) is 0 Å². The highest BCUT2D eigenvalue weighted by atomic mass is 16.4. The zero-order valence-corrected chi connectivity index (χ0v) is 13.6. The van der Waals surface area contributed by atoms with E-state index in [1.807, 2.05) is 43.5 Å². The van der Waals surface area contributed by atoms with Crippen LogP contribution in [0.5, 0.6) is 0 Å². The molecule has 0 saturated carbocycles. The van der Waals surface area contributed by atoms with Gasteiger partial charge in [-0.15, -0.1) is 0 Å². The van der Waals surface area contributed by atoms with Gasteiger partial charge in [-0.05, 0) is 37.3 Å². The predicted molar refractivity (Wildman–Crippen MR) is 92.0 cm³/mol. The van der Waals surface area contributed by atoms with Crippen LogP contribution in [0.4, 0.5) is 0 Å². The zero-order valence-electron chi connectivity index (χ0n) is 13.6. The van der Waals surface area contributed by atoms with E-state index in [1.165, 1.54) is 0 Å². The SMILES string of the molecule is CC(NC(=O)c1ccc(Cn2cccn2)o1)c1nc2ccccc2[nH]1. The molecule has 0 radical (unpaired) electrons. The van der Waals surface area contributed by atoms with Crippen LogP contribution in [0.15, 0.2) is 59.3 Å². The molecule has 1 amide bonds. The second kappa shape index (κ2) is 6.27. The van der Waals surface area contributed by atoms with Gasteiger partial charge in [-0.2, -0.15) is 5.10 Å². The molecule has 4 aromatic rings. The van der Waals surface area contributed by atoms with Crippen LogP contribution >= 0.6 is 0 Å². The van der Waals surface area contributed by atoms with Gasteiger partial charge in [-0.1, -0.05) is 12.1 Å². The van der Waals surface area contributed by atoms with Gasteiger partial charge in [0.25, 0.3) is 5.91 Å². The molecule has 0 saturated heterocycles. The van der Waals surface area contributed by atoms with Crippen molar-refractivity contribution in [3.05, 3.63) is 72.2 Å². The molecule has 3 heterocycles. The van der Waals surface area contributed by atoms with E-state index in [0.717, 1.165) is 11.0 Å². The lowest BCUT2D eigenvalue weighted by Gasteiger charge is -2.09. The fourth-order valence-electron chi connectivity index (χ4n) is 2.65. The summed E-state index contributed by atoms with van der Waals surface area (Å²) in [6, 6.07) is 12.8. The Morgan fingerprint density at radius 2 is 2.16 bits per heavy atom. The van der Waals surface area contributed by atoms with Crippen molar-refractivity contribution < 1.29 is 9.21 Å². The number of aromatic amines is 1. The van der Waals surface area contributed by atoms with Gasteiger partial charge in [0.2, 0.25) is 0 Å². The third-order valence-electron chi connectivity index (χ3n) is 3.93. The number of hydrogen-bond donors (Lipinski definition) is 2. The second-order valence-corrected chi connectivity index (χ2v) is 5.80. The van der Waals surface area contributed by atoms with Crippen LogP contribution in [-0.2, 0) is 6.54 Å². The molecule has 1 unspecified atom stereocenters. The van der Waals surface area contributed by atoms with Gasteiger partial charge >= 0.3 is 0 Å². The number of fused-ring (bicyclic) bond motifs is 1. The monoisotopic (exact) mass is 335 g/mol. The molecule has 0 aliphatic rings. The summed E-state index contributed by atoms with van der Waals surface area (Å²) < 4.78 is 7.34. The van der Waals surface area contributed by atoms with Crippen LogP contribution in [-0.4, -0.2) is 25.7 Å². The number of nitrogens with one attached hydrogen (secondary N) is 2. The smallest absolute Gasteiger partial charge is 0.287 e. The average Bonchev–Trinajstić information content (AvgIpc) is 3.35. The molecule has 0 spiro atoms. The number of carbonyl (C=O) groups excluding carboxylic acids is 1. The number of para-hydroxylation sites is 2. The van der Waals surface area contributed by atoms with Crippen molar-refractivity contribution in [1.82, 2.24) is 25.1 Å². The Bertz CT molecular complexity index is 967. The van der Waals surface area contributed by atoms with Crippen LogP contribution < -0.4 is 5.32 Å². The zero-order chi connectivity index (χ0) is 17.2. The van der Waals surface area contributed by atoms with Crippen molar-refractivity contribution in [3.63, 3.8) is 0 Å². The van der Waals surface area contributed by atoms with Gasteiger partial charge in [-0.25, -0.2) is 4.98 Å². The number of carbonyl (C=O) groups is 1. The van der Waals surface area contributed by atoms with E-state index >= 15 is 0 Å². The molecule has 1 aromatic carbocycles. The summed E-state index contributed by atoms with van der Waals surface area (Å²) in [6.07, 6.45) is 3.54. The van der Waals surface area contributed by atoms with Crippen LogP contribution in [0, 0.1) is 0 Å². The highest BCUT2D eigenvalue weighted by Gasteiger charge is 2.17. The van der Waals surface area contributed by atoms with E-state index in [0.29, 0.717) is 18.1 Å². The van der Waals surface area contributed by atoms with Gasteiger partial charge in [0.05, 0.1) is 23.6 Å². The first kappa shape index (κ1) is 15.2. The minimum atomic E-state index is -0.278. The molecule has 0 fully saturated rings. The number of imidazole rings is 1. The van der Waals surface area contributed by atoms with E-state index in [1.54, 1.807) is 23.0 Å². The summed E-state index contributed by atoms with van der Waals surface area (Å²) in [5.74, 6) is 1.37. The molecular weight excluding hydrogens is 318 g/mol. The van der Waals surface area contributed by atoms with Gasteiger partial charge in [0.15, 0.2) is 5.76 Å². The highest BCUT2D eigenvalue weighted by Crippen LogP contribution is 2.16. The summed E-state index contributed by atoms with van der Waals surface area (Å²) in [5.41, 5.74) is 1.82. The number of benzene rings is 1. The normalized spacial score (nSPS) is 12.4. The summed E-state index contributed by atoms with van der Waals surface area (Å²) in [5, 5.41) is 7.01. The van der Waals surface area contributed by atoms with Crippen molar-refractivity contribution in [2.75, 3.05) is 0 Å². The van der Waals surface area contributed by atoms with Gasteiger partial charge in [0, 0.05) is 12.4 Å². The van der Waals surface area contributed by atoms with Crippen molar-refractivity contribution in [3.8, 4) is 0 Å². The fourth-order valence-corrected chi connectivity index (χ4v) is 2.65. The lowest BCUT2D eigenvalue weighted by Crippen LogP contribution is -2.27. The maximum absolute atomic E-state index is 12.4. The standard InChI is InChI=1S/C18H17N5O2/c1-12(17-21-14-5-2-3-6-15(14)22-17)20-18(24)16-8-7-13(25-16)11-23-10-4-9-19-23/h2-10,12H,11H2,1H3,(H,20,24)(H,21,22). The molecule has 25 heavy (non-hydrogen) atoms. The molecule has 1 atom stereocenters. The first-order valence-corrected chi connectivity index (χ1v) is 8.01. The third kappa shape index (κ3) is 3.16. The topological polar surface area (TPSA) is 88.7 Å². The number of furan rings is 1. The maximum atomic E-state index is 12.4. The van der Waals surface area contributed by atoms with Crippen molar-refractivity contribution in [2.24, 2.45) is 0 Å². The second-order valence-electron chi connectivity index (χ2n) is 5.80. The summed E-state index contributed by atoms with van der Waals surface area (Å²) >= 11 is 0. The van der Waals surface area contributed by atoms with Crippen molar-refractivity contribution in [1.29, 1.82) is 0 Å². The Morgan fingerprint density at radius 1 is 1.28 bits per heavy atom. The van der Waals surface area contributed by atoms with Gasteiger partial charge in [-0.3, -0.25) is 9.48 Å². The molecule has 4 rings (SSSR count). The van der Waals surface area contributed by atoms with E-state index in [4.69, 9.17) is 4.42 Å². The highest BCUT2D eigenvalue weighted by molar-refractivity contribution is 5.91. The number of rotatable bonds is 5. The maximum Gasteiger partial charge on any atom is 0.287 e. The molecule has 7 heteroatoms. The summed E-state index contributed by atoms with van der Waals surface area (Å²) in [6.45, 7) is 2.36. The Hall–Kier alpha value is -3.35. The van der Waals surface area contributed by atoms with E-state index < -0.39 is 0 Å². The van der Waals surface area contributed by atoms with Crippen molar-refractivity contribution in [2.45, 2.75) is 19.5 Å². The molecule has 3 aromatic heterocycles. The fraction of sp³-hybridized carbons (Fsp3) is 0.167. The Balaban J connectivity index is 1.45. The van der Waals surface area contributed by atoms with Crippen LogP contribution in [0.25, 0.3) is 11.0 Å². The molecule has 126 valence electrons. The van der Waals surface area contributed by atoms with Crippen LogP contribution in [0.3, 0.4) is 0 Å². The Labute approximate surface area is 143 Å². The first-order valence-electron chi connectivity index (χ1n) is 8.01.